The molecule has 0 bridgehead atoms. The molecule has 0 atom stereocenters. The monoisotopic (exact) mass is 321 g/mol. The smallest absolute Gasteiger partial charge is 0.419 e. The van der Waals surface area contributed by atoms with Crippen LogP contribution in [0.4, 0.5) is 4.79 Å². The van der Waals surface area contributed by atoms with E-state index in [9.17, 15) is 4.79 Å². The van der Waals surface area contributed by atoms with Gasteiger partial charge in [-0.15, -0.1) is 0 Å². The van der Waals surface area contributed by atoms with Crippen LogP contribution in [0.3, 0.4) is 0 Å². The predicted molar refractivity (Wildman–Crippen MR) is 98.5 cm³/mol. The molecule has 2 aromatic carbocycles. The van der Waals surface area contributed by atoms with Crippen LogP contribution in [0.1, 0.15) is 31.9 Å². The number of ether oxygens (including phenoxy) is 1. The zero-order valence-electron chi connectivity index (χ0n) is 14.9. The number of hydrogen-bond donors (Lipinski definition) is 0. The molecule has 0 spiro atoms. The largest absolute Gasteiger partial charge is 0.443 e. The van der Waals surface area contributed by atoms with E-state index in [4.69, 9.17) is 4.74 Å². The van der Waals surface area contributed by atoms with E-state index in [0.717, 1.165) is 33.3 Å². The van der Waals surface area contributed by atoms with Crippen molar-refractivity contribution in [2.75, 3.05) is 0 Å². The molecule has 1 aromatic heterocycles. The van der Waals surface area contributed by atoms with E-state index in [0.29, 0.717) is 0 Å². The van der Waals surface area contributed by atoms with Gasteiger partial charge in [-0.3, -0.25) is 0 Å². The van der Waals surface area contributed by atoms with Crippen molar-refractivity contribution in [2.24, 2.45) is 0 Å². The first kappa shape index (κ1) is 16.3. The molecule has 3 nitrogen and oxygen atoms in total. The molecule has 3 aromatic rings. The van der Waals surface area contributed by atoms with E-state index in [2.05, 4.69) is 25.1 Å². The van der Waals surface area contributed by atoms with E-state index in [-0.39, 0.29) is 6.09 Å². The number of hydrogen-bond acceptors (Lipinski definition) is 2. The van der Waals surface area contributed by atoms with Crippen molar-refractivity contribution in [3.8, 4) is 11.3 Å². The molecule has 0 N–H and O–H groups in total. The van der Waals surface area contributed by atoms with Crippen LogP contribution in [-0.2, 0) is 4.74 Å². The van der Waals surface area contributed by atoms with E-state index in [1.165, 1.54) is 0 Å². The lowest BCUT2D eigenvalue weighted by Crippen LogP contribution is -2.27. The molecule has 0 saturated carbocycles. The summed E-state index contributed by atoms with van der Waals surface area (Å²) in [5.41, 5.74) is 4.48. The van der Waals surface area contributed by atoms with Crippen LogP contribution in [0, 0.1) is 13.8 Å². The number of benzene rings is 2. The van der Waals surface area contributed by atoms with Crippen molar-refractivity contribution in [2.45, 2.75) is 40.2 Å². The molecule has 0 amide bonds. The molecule has 0 saturated heterocycles. The van der Waals surface area contributed by atoms with Crippen molar-refractivity contribution in [3.63, 3.8) is 0 Å². The first-order chi connectivity index (χ1) is 11.3. The first-order valence-electron chi connectivity index (χ1n) is 8.18. The van der Waals surface area contributed by atoms with Gasteiger partial charge in [-0.05, 0) is 57.9 Å². The van der Waals surface area contributed by atoms with Crippen LogP contribution in [-0.4, -0.2) is 16.3 Å². The molecule has 24 heavy (non-hydrogen) atoms. The highest BCUT2D eigenvalue weighted by molar-refractivity contribution is 5.96. The fourth-order valence-electron chi connectivity index (χ4n) is 2.87. The Kier molecular flexibility index (Phi) is 3.96. The molecule has 0 aliphatic heterocycles. The second kappa shape index (κ2) is 5.82. The van der Waals surface area contributed by atoms with Crippen molar-refractivity contribution in [1.82, 2.24) is 4.57 Å². The van der Waals surface area contributed by atoms with Crippen LogP contribution < -0.4 is 0 Å². The number of fused-ring (bicyclic) bond motifs is 1. The van der Waals surface area contributed by atoms with Crippen LogP contribution in [0.25, 0.3) is 22.2 Å². The Bertz CT molecular complexity index is 913. The highest BCUT2D eigenvalue weighted by atomic mass is 16.6. The van der Waals surface area contributed by atoms with Gasteiger partial charge < -0.3 is 4.74 Å². The maximum Gasteiger partial charge on any atom is 0.419 e. The standard InChI is InChI=1S/C21H23NO2/c1-14-10-11-16-13-19(17-9-7-6-8-15(17)2)22(18(16)12-14)20(23)24-21(3,4)5/h6-13H,1-5H3. The van der Waals surface area contributed by atoms with Gasteiger partial charge in [0.15, 0.2) is 0 Å². The summed E-state index contributed by atoms with van der Waals surface area (Å²) in [4.78, 5) is 12.9. The summed E-state index contributed by atoms with van der Waals surface area (Å²) in [5.74, 6) is 0. The number of aromatic nitrogens is 1. The molecular formula is C21H23NO2. The Balaban J connectivity index is 2.27. The fourth-order valence-corrected chi connectivity index (χ4v) is 2.87. The summed E-state index contributed by atoms with van der Waals surface area (Å²) >= 11 is 0. The third-order valence-electron chi connectivity index (χ3n) is 3.96. The summed E-state index contributed by atoms with van der Waals surface area (Å²) in [6.07, 6.45) is -0.346. The Labute approximate surface area is 142 Å². The average molecular weight is 321 g/mol. The van der Waals surface area contributed by atoms with Gasteiger partial charge in [0.2, 0.25) is 0 Å². The zero-order valence-corrected chi connectivity index (χ0v) is 14.9. The molecule has 124 valence electrons. The number of aryl methyl sites for hydroxylation is 2. The number of rotatable bonds is 1. The molecular weight excluding hydrogens is 298 g/mol. The Morgan fingerprint density at radius 3 is 2.38 bits per heavy atom. The van der Waals surface area contributed by atoms with Crippen molar-refractivity contribution < 1.29 is 9.53 Å². The van der Waals surface area contributed by atoms with Gasteiger partial charge in [-0.1, -0.05) is 36.4 Å². The molecule has 3 heteroatoms. The SMILES string of the molecule is Cc1ccc2cc(-c3ccccc3C)n(C(=O)OC(C)(C)C)c2c1. The lowest BCUT2D eigenvalue weighted by Gasteiger charge is -2.21. The molecule has 0 fully saturated rings. The molecule has 3 rings (SSSR count). The predicted octanol–water partition coefficient (Wildman–Crippen LogP) is 5.71. The average Bonchev–Trinajstić information content (AvgIpc) is 2.84. The van der Waals surface area contributed by atoms with Gasteiger partial charge in [-0.25, -0.2) is 9.36 Å². The molecule has 0 aliphatic carbocycles. The van der Waals surface area contributed by atoms with Crippen LogP contribution in [0.5, 0.6) is 0 Å². The van der Waals surface area contributed by atoms with E-state index in [1.807, 2.05) is 58.0 Å². The fraction of sp³-hybridized carbons (Fsp3) is 0.286. The van der Waals surface area contributed by atoms with Gasteiger partial charge in [-0.2, -0.15) is 0 Å². The van der Waals surface area contributed by atoms with Crippen molar-refractivity contribution >= 4 is 17.0 Å². The summed E-state index contributed by atoms with van der Waals surface area (Å²) < 4.78 is 7.35. The highest BCUT2D eigenvalue weighted by Gasteiger charge is 2.23. The van der Waals surface area contributed by atoms with Crippen LogP contribution in [0.15, 0.2) is 48.5 Å². The third kappa shape index (κ3) is 3.07. The van der Waals surface area contributed by atoms with Gasteiger partial charge >= 0.3 is 6.09 Å². The zero-order chi connectivity index (χ0) is 17.5. The maximum absolute atomic E-state index is 12.9. The van der Waals surface area contributed by atoms with Crippen molar-refractivity contribution in [1.29, 1.82) is 0 Å². The summed E-state index contributed by atoms with van der Waals surface area (Å²) in [7, 11) is 0. The normalized spacial score (nSPS) is 11.7. The Morgan fingerprint density at radius 1 is 1.00 bits per heavy atom. The first-order valence-corrected chi connectivity index (χ1v) is 8.18. The van der Waals surface area contributed by atoms with E-state index < -0.39 is 5.60 Å². The minimum atomic E-state index is -0.541. The number of carbonyl (C=O) groups excluding carboxylic acids is 1. The quantitative estimate of drug-likeness (QED) is 0.575. The van der Waals surface area contributed by atoms with Gasteiger partial charge in [0.05, 0.1) is 11.2 Å². The minimum Gasteiger partial charge on any atom is -0.443 e. The summed E-state index contributed by atoms with van der Waals surface area (Å²) in [5, 5.41) is 1.03. The lowest BCUT2D eigenvalue weighted by atomic mass is 10.1. The summed E-state index contributed by atoms with van der Waals surface area (Å²) in [6.45, 7) is 9.73. The molecule has 0 aliphatic rings. The Hall–Kier alpha value is -2.55. The maximum atomic E-state index is 12.9. The van der Waals surface area contributed by atoms with Gasteiger partial charge in [0.1, 0.15) is 5.60 Å². The minimum absolute atomic E-state index is 0.346. The lowest BCUT2D eigenvalue weighted by molar-refractivity contribution is 0.0547. The highest BCUT2D eigenvalue weighted by Crippen LogP contribution is 2.31. The summed E-state index contributed by atoms with van der Waals surface area (Å²) in [6, 6.07) is 16.3. The molecule has 0 radical (unpaired) electrons. The second-order valence-electron chi connectivity index (χ2n) is 7.22. The van der Waals surface area contributed by atoms with Crippen molar-refractivity contribution in [3.05, 3.63) is 59.7 Å². The van der Waals surface area contributed by atoms with E-state index in [1.54, 1.807) is 4.57 Å². The number of carbonyl (C=O) groups is 1. The molecule has 0 unspecified atom stereocenters. The number of nitrogens with zero attached hydrogens (tertiary/aromatic N) is 1. The Morgan fingerprint density at radius 2 is 1.71 bits per heavy atom. The second-order valence-corrected chi connectivity index (χ2v) is 7.22. The van der Waals surface area contributed by atoms with Gasteiger partial charge in [0, 0.05) is 10.9 Å². The van der Waals surface area contributed by atoms with Crippen LogP contribution >= 0.6 is 0 Å². The van der Waals surface area contributed by atoms with Gasteiger partial charge in [0.25, 0.3) is 0 Å². The van der Waals surface area contributed by atoms with E-state index >= 15 is 0 Å². The molecule has 1 heterocycles. The van der Waals surface area contributed by atoms with Crippen LogP contribution in [0.2, 0.25) is 0 Å². The topological polar surface area (TPSA) is 31.2 Å². The third-order valence-corrected chi connectivity index (χ3v) is 3.96.